The number of sulfonamides is 1. The third kappa shape index (κ3) is 2.80. The van der Waals surface area contributed by atoms with E-state index in [1.807, 2.05) is 10.9 Å². The summed E-state index contributed by atoms with van der Waals surface area (Å²) in [6, 6.07) is 1.81. The summed E-state index contributed by atoms with van der Waals surface area (Å²) >= 11 is 0. The van der Waals surface area contributed by atoms with E-state index in [9.17, 15) is 8.42 Å². The van der Waals surface area contributed by atoms with E-state index in [-0.39, 0.29) is 10.9 Å². The molecular weight excluding hydrogens is 304 g/mol. The number of hydrogen-bond acceptors (Lipinski definition) is 5. The first kappa shape index (κ1) is 15.2. The number of aromatic nitrogens is 3. The van der Waals surface area contributed by atoms with Gasteiger partial charge in [-0.05, 0) is 39.2 Å². The number of nitrogens with zero attached hydrogens (tertiary/aromatic N) is 4. The molecule has 1 atom stereocenters. The zero-order valence-corrected chi connectivity index (χ0v) is 13.6. The van der Waals surface area contributed by atoms with Gasteiger partial charge in [-0.15, -0.1) is 5.10 Å². The Hall–Kier alpha value is -1.67. The summed E-state index contributed by atoms with van der Waals surface area (Å²) in [5, 5.41) is 7.85. The first-order chi connectivity index (χ1) is 10.5. The van der Waals surface area contributed by atoms with E-state index in [1.165, 1.54) is 0 Å². The number of furan rings is 1. The predicted molar refractivity (Wildman–Crippen MR) is 79.9 cm³/mol. The molecule has 0 spiro atoms. The molecular formula is C14H20N4O3S. The van der Waals surface area contributed by atoms with Crippen LogP contribution in [-0.4, -0.2) is 40.8 Å². The molecule has 0 N–H and O–H groups in total. The molecule has 2 aromatic heterocycles. The van der Waals surface area contributed by atoms with Crippen LogP contribution in [0.25, 0.3) is 0 Å². The summed E-state index contributed by atoms with van der Waals surface area (Å²) < 4.78 is 34.4. The molecule has 120 valence electrons. The van der Waals surface area contributed by atoms with Gasteiger partial charge in [-0.2, -0.15) is 4.31 Å². The van der Waals surface area contributed by atoms with Crippen molar-refractivity contribution in [3.8, 4) is 0 Å². The van der Waals surface area contributed by atoms with Crippen molar-refractivity contribution in [2.75, 3.05) is 13.1 Å². The Morgan fingerprint density at radius 3 is 2.73 bits per heavy atom. The van der Waals surface area contributed by atoms with Gasteiger partial charge < -0.3 is 4.42 Å². The van der Waals surface area contributed by atoms with Crippen molar-refractivity contribution < 1.29 is 12.8 Å². The van der Waals surface area contributed by atoms with Crippen molar-refractivity contribution in [1.82, 2.24) is 19.3 Å². The monoisotopic (exact) mass is 324 g/mol. The molecule has 1 aliphatic rings. The molecule has 0 radical (unpaired) electrons. The fraction of sp³-hybridized carbons (Fsp3) is 0.571. The molecule has 8 heteroatoms. The third-order valence-electron chi connectivity index (χ3n) is 4.08. The predicted octanol–water partition coefficient (Wildman–Crippen LogP) is 1.90. The fourth-order valence-electron chi connectivity index (χ4n) is 2.97. The van der Waals surface area contributed by atoms with Gasteiger partial charge in [0.15, 0.2) is 0 Å². The topological polar surface area (TPSA) is 81.2 Å². The highest BCUT2D eigenvalue weighted by molar-refractivity contribution is 7.89. The van der Waals surface area contributed by atoms with Crippen molar-refractivity contribution in [2.24, 2.45) is 0 Å². The molecule has 1 aliphatic heterocycles. The minimum atomic E-state index is -3.49. The van der Waals surface area contributed by atoms with Gasteiger partial charge in [-0.3, -0.25) is 0 Å². The smallest absolute Gasteiger partial charge is 0.246 e. The maximum absolute atomic E-state index is 12.8. The normalized spacial score (nSPS) is 20.9. The summed E-state index contributed by atoms with van der Waals surface area (Å²) in [4.78, 5) is 0.282. The van der Waals surface area contributed by atoms with Crippen LogP contribution in [0.15, 0.2) is 27.8 Å². The summed E-state index contributed by atoms with van der Waals surface area (Å²) in [5.74, 6) is 1.07. The van der Waals surface area contributed by atoms with Crippen molar-refractivity contribution in [2.45, 2.75) is 44.0 Å². The second-order valence-corrected chi connectivity index (χ2v) is 7.56. The van der Waals surface area contributed by atoms with Gasteiger partial charge >= 0.3 is 0 Å². The van der Waals surface area contributed by atoms with Gasteiger partial charge in [0.1, 0.15) is 16.4 Å². The molecule has 0 amide bonds. The van der Waals surface area contributed by atoms with Crippen LogP contribution < -0.4 is 0 Å². The molecule has 1 saturated heterocycles. The molecule has 0 bridgehead atoms. The van der Waals surface area contributed by atoms with Gasteiger partial charge in [-0.25, -0.2) is 13.1 Å². The van der Waals surface area contributed by atoms with E-state index in [4.69, 9.17) is 4.42 Å². The lowest BCUT2D eigenvalue weighted by Gasteiger charge is -2.19. The van der Waals surface area contributed by atoms with Gasteiger partial charge in [0.25, 0.3) is 0 Å². The average molecular weight is 324 g/mol. The van der Waals surface area contributed by atoms with E-state index in [0.717, 1.165) is 19.3 Å². The van der Waals surface area contributed by atoms with Gasteiger partial charge in [0.05, 0.1) is 12.2 Å². The summed E-state index contributed by atoms with van der Waals surface area (Å²) in [6.45, 7) is 4.46. The molecule has 22 heavy (non-hydrogen) atoms. The number of rotatable bonds is 3. The van der Waals surface area contributed by atoms with Crippen LogP contribution in [0, 0.1) is 13.8 Å². The van der Waals surface area contributed by atoms with E-state index >= 15 is 0 Å². The average Bonchev–Trinajstić information content (AvgIpc) is 3.03. The minimum Gasteiger partial charge on any atom is -0.465 e. The SMILES string of the molecule is Cc1cc(S(=O)(=O)N2CCCC(n3ccnn3)CC2)c(C)o1. The largest absolute Gasteiger partial charge is 0.465 e. The van der Waals surface area contributed by atoms with Gasteiger partial charge in [0, 0.05) is 19.3 Å². The molecule has 2 aromatic rings. The highest BCUT2D eigenvalue weighted by Gasteiger charge is 2.30. The molecule has 3 heterocycles. The Morgan fingerprint density at radius 1 is 1.27 bits per heavy atom. The summed E-state index contributed by atoms with van der Waals surface area (Å²) in [7, 11) is -3.49. The lowest BCUT2D eigenvalue weighted by molar-refractivity contribution is 0.385. The van der Waals surface area contributed by atoms with Crippen molar-refractivity contribution in [3.05, 3.63) is 30.0 Å². The first-order valence-electron chi connectivity index (χ1n) is 7.41. The fourth-order valence-corrected chi connectivity index (χ4v) is 4.69. The van der Waals surface area contributed by atoms with Crippen LogP contribution in [0.3, 0.4) is 0 Å². The standard InChI is InChI=1S/C14H20N4O3S/c1-11-10-14(12(2)21-11)22(19,20)17-7-3-4-13(5-8-17)18-9-6-15-16-18/h6,9-10,13H,3-5,7-8H2,1-2H3. The molecule has 0 aliphatic carbocycles. The number of aryl methyl sites for hydroxylation is 2. The lowest BCUT2D eigenvalue weighted by atomic mass is 10.1. The molecule has 0 aromatic carbocycles. The Labute approximate surface area is 130 Å². The highest BCUT2D eigenvalue weighted by atomic mass is 32.2. The molecule has 1 fully saturated rings. The van der Waals surface area contributed by atoms with E-state index < -0.39 is 10.0 Å². The minimum absolute atomic E-state index is 0.204. The van der Waals surface area contributed by atoms with Crippen LogP contribution in [0.4, 0.5) is 0 Å². The zero-order chi connectivity index (χ0) is 15.7. The number of hydrogen-bond donors (Lipinski definition) is 0. The van der Waals surface area contributed by atoms with Gasteiger partial charge in [-0.1, -0.05) is 5.21 Å². The first-order valence-corrected chi connectivity index (χ1v) is 8.85. The van der Waals surface area contributed by atoms with Crippen LogP contribution in [0.2, 0.25) is 0 Å². The quantitative estimate of drug-likeness (QED) is 0.861. The van der Waals surface area contributed by atoms with Gasteiger partial charge in [0.2, 0.25) is 10.0 Å². The maximum atomic E-state index is 12.8. The van der Waals surface area contributed by atoms with Crippen LogP contribution in [0.1, 0.15) is 36.8 Å². The van der Waals surface area contributed by atoms with E-state index in [1.54, 1.807) is 30.4 Å². The highest BCUT2D eigenvalue weighted by Crippen LogP contribution is 2.28. The summed E-state index contributed by atoms with van der Waals surface area (Å²) in [6.07, 6.45) is 5.92. The summed E-state index contributed by atoms with van der Waals surface area (Å²) in [5.41, 5.74) is 0. The van der Waals surface area contributed by atoms with Crippen LogP contribution in [-0.2, 0) is 10.0 Å². The third-order valence-corrected chi connectivity index (χ3v) is 6.09. The van der Waals surface area contributed by atoms with Crippen molar-refractivity contribution in [3.63, 3.8) is 0 Å². The Bertz CT molecular complexity index is 736. The maximum Gasteiger partial charge on any atom is 0.246 e. The van der Waals surface area contributed by atoms with Crippen LogP contribution in [0.5, 0.6) is 0 Å². The zero-order valence-electron chi connectivity index (χ0n) is 12.8. The Morgan fingerprint density at radius 2 is 2.09 bits per heavy atom. The molecule has 1 unspecified atom stereocenters. The second kappa shape index (κ2) is 5.85. The molecule has 3 rings (SSSR count). The molecule has 0 saturated carbocycles. The molecule has 7 nitrogen and oxygen atoms in total. The lowest BCUT2D eigenvalue weighted by Crippen LogP contribution is -2.32. The Balaban J connectivity index is 1.79. The van der Waals surface area contributed by atoms with Crippen molar-refractivity contribution in [1.29, 1.82) is 0 Å². The van der Waals surface area contributed by atoms with E-state index in [2.05, 4.69) is 10.3 Å². The van der Waals surface area contributed by atoms with Crippen LogP contribution >= 0.6 is 0 Å². The Kier molecular flexibility index (Phi) is 4.05. The van der Waals surface area contributed by atoms with E-state index in [0.29, 0.717) is 24.6 Å². The second-order valence-electron chi connectivity index (χ2n) is 5.65. The van der Waals surface area contributed by atoms with Crippen molar-refractivity contribution >= 4 is 10.0 Å².